The van der Waals surface area contributed by atoms with Crippen molar-refractivity contribution in [1.29, 1.82) is 0 Å². The normalized spacial score (nSPS) is 17.2. The predicted octanol–water partition coefficient (Wildman–Crippen LogP) is 8.49. The van der Waals surface area contributed by atoms with Crippen molar-refractivity contribution in [2.45, 2.75) is 69.1 Å². The summed E-state index contributed by atoms with van der Waals surface area (Å²) in [5.74, 6) is 0.320. The third kappa shape index (κ3) is 7.47. The number of rotatable bonds is 12. The van der Waals surface area contributed by atoms with E-state index in [1.807, 2.05) is 30.5 Å². The molecular formula is C29H41NO5S2. The van der Waals surface area contributed by atoms with Gasteiger partial charge in [-0.05, 0) is 44.2 Å². The fraction of sp³-hybridized carbons (Fsp3) is 0.483. The molecule has 0 amide bonds. The number of anilines is 2. The van der Waals surface area contributed by atoms with Gasteiger partial charge in [0.15, 0.2) is 0 Å². The zero-order valence-electron chi connectivity index (χ0n) is 22.4. The van der Waals surface area contributed by atoms with Crippen LogP contribution < -0.4 is 9.64 Å². The van der Waals surface area contributed by atoms with Crippen LogP contribution in [0.3, 0.4) is 0 Å². The number of carbonyl (C=O) groups is 1. The number of hydrogen-bond donors (Lipinski definition) is 2. The minimum absolute atomic E-state index is 0.232. The number of para-hydroxylation sites is 1. The molecule has 0 bridgehead atoms. The fourth-order valence-corrected chi connectivity index (χ4v) is 7.68. The zero-order chi connectivity index (χ0) is 26.9. The lowest BCUT2D eigenvalue weighted by atomic mass is 9.79. The Hall–Kier alpha value is -2.13. The van der Waals surface area contributed by atoms with Crippen LogP contribution in [0.15, 0.2) is 64.6 Å². The van der Waals surface area contributed by atoms with E-state index in [9.17, 15) is 13.9 Å². The van der Waals surface area contributed by atoms with Crippen molar-refractivity contribution < 1.29 is 23.4 Å². The molecule has 1 aliphatic rings. The predicted molar refractivity (Wildman–Crippen MR) is 156 cm³/mol. The lowest BCUT2D eigenvalue weighted by Crippen LogP contribution is -2.37. The summed E-state index contributed by atoms with van der Waals surface area (Å²) >= 11 is 1.51. The molecule has 8 heteroatoms. The van der Waals surface area contributed by atoms with Gasteiger partial charge in [-0.15, -0.1) is 11.8 Å². The highest BCUT2D eigenvalue weighted by Gasteiger charge is 2.42. The Morgan fingerprint density at radius 3 is 2.38 bits per heavy atom. The quantitative estimate of drug-likeness (QED) is 0.119. The largest absolute Gasteiger partial charge is 0.463 e. The average Bonchev–Trinajstić information content (AvgIpc) is 2.98. The molecule has 3 rings (SSSR count). The zero-order valence-corrected chi connectivity index (χ0v) is 24.1. The fourth-order valence-electron chi connectivity index (χ4n) is 4.95. The number of carbonyl (C=O) groups excluding carboxylic acids is 1. The molecular weight excluding hydrogens is 506 g/mol. The van der Waals surface area contributed by atoms with Gasteiger partial charge in [0.05, 0.1) is 34.4 Å². The molecule has 2 N–H and O–H groups in total. The van der Waals surface area contributed by atoms with Crippen molar-refractivity contribution in [3.63, 3.8) is 0 Å². The minimum Gasteiger partial charge on any atom is -0.463 e. The Morgan fingerprint density at radius 1 is 1.11 bits per heavy atom. The molecule has 0 fully saturated rings. The van der Waals surface area contributed by atoms with E-state index in [4.69, 9.17) is 9.47 Å². The van der Waals surface area contributed by atoms with Crippen molar-refractivity contribution in [1.82, 2.24) is 0 Å². The Kier molecular flexibility index (Phi) is 10.8. The molecule has 1 aliphatic heterocycles. The standard InChI is InChI=1S/C29H41NO5S2/c1-5-8-16-29(17-9-6-2)21-30(23-13-11-10-12-14-23)24-19-26(36-4)25(20-27(24)37(32,33)22-29)35-18-15-28(31)34-7-3/h10-15,18-20,32-33H,5-9,16-17,21-22H2,1-4H3/b18-15-. The van der Waals surface area contributed by atoms with Gasteiger partial charge < -0.3 is 14.4 Å². The number of unbranched alkanes of at least 4 members (excludes halogenated alkanes) is 2. The van der Waals surface area contributed by atoms with E-state index in [2.05, 4.69) is 30.9 Å². The molecule has 2 aromatic rings. The summed E-state index contributed by atoms with van der Waals surface area (Å²) in [6, 6.07) is 13.9. The van der Waals surface area contributed by atoms with E-state index >= 15 is 0 Å². The maximum absolute atomic E-state index is 11.7. The van der Waals surface area contributed by atoms with Gasteiger partial charge in [0.1, 0.15) is 5.75 Å². The van der Waals surface area contributed by atoms with Crippen molar-refractivity contribution in [2.75, 3.05) is 30.1 Å². The van der Waals surface area contributed by atoms with Crippen molar-refractivity contribution in [3.8, 4) is 5.75 Å². The minimum atomic E-state index is -3.13. The van der Waals surface area contributed by atoms with Crippen LogP contribution in [0.1, 0.15) is 59.3 Å². The molecule has 0 aliphatic carbocycles. The van der Waals surface area contributed by atoms with Crippen LogP contribution in [0.4, 0.5) is 11.4 Å². The molecule has 0 saturated heterocycles. The molecule has 0 unspecified atom stereocenters. The Labute approximate surface area is 227 Å². The van der Waals surface area contributed by atoms with Crippen LogP contribution in [0.5, 0.6) is 5.75 Å². The first-order valence-corrected chi connectivity index (χ1v) is 16.0. The van der Waals surface area contributed by atoms with E-state index in [-0.39, 0.29) is 12.0 Å². The maximum Gasteiger partial charge on any atom is 0.333 e. The molecule has 6 nitrogen and oxygen atoms in total. The van der Waals surface area contributed by atoms with Crippen LogP contribution >= 0.6 is 22.4 Å². The summed E-state index contributed by atoms with van der Waals surface area (Å²) in [4.78, 5) is 15.3. The monoisotopic (exact) mass is 547 g/mol. The molecule has 0 saturated carbocycles. The second-order valence-corrected chi connectivity index (χ2v) is 12.5. The van der Waals surface area contributed by atoms with E-state index < -0.39 is 16.6 Å². The molecule has 1 heterocycles. The van der Waals surface area contributed by atoms with Gasteiger partial charge in [-0.1, -0.05) is 57.7 Å². The average molecular weight is 548 g/mol. The van der Waals surface area contributed by atoms with Gasteiger partial charge in [-0.2, -0.15) is 10.6 Å². The Balaban J connectivity index is 2.15. The first-order valence-electron chi connectivity index (χ1n) is 13.1. The smallest absolute Gasteiger partial charge is 0.333 e. The topological polar surface area (TPSA) is 79.2 Å². The number of thioether (sulfide) groups is 1. The van der Waals surface area contributed by atoms with Gasteiger partial charge in [-0.3, -0.25) is 9.11 Å². The lowest BCUT2D eigenvalue weighted by Gasteiger charge is -2.42. The third-order valence-corrected chi connectivity index (χ3v) is 9.57. The van der Waals surface area contributed by atoms with Crippen LogP contribution in [-0.4, -0.2) is 40.2 Å². The first kappa shape index (κ1) is 29.4. The van der Waals surface area contributed by atoms with E-state index in [1.165, 1.54) is 24.1 Å². The SMILES string of the molecule is CCCCC1(CCCC)CN(c2ccccc2)c2cc(SC)c(O/C=C\C(=O)OCC)cc2S(O)(O)C1. The number of ether oxygens (including phenoxy) is 2. The summed E-state index contributed by atoms with van der Waals surface area (Å²) in [7, 11) is -3.13. The second-order valence-electron chi connectivity index (χ2n) is 9.58. The Bertz CT molecular complexity index is 1050. The summed E-state index contributed by atoms with van der Waals surface area (Å²) in [6.07, 6.45) is 10.6. The first-order chi connectivity index (χ1) is 17.8. The molecule has 0 spiro atoms. The summed E-state index contributed by atoms with van der Waals surface area (Å²) in [5, 5.41) is 0. The van der Waals surface area contributed by atoms with Crippen LogP contribution in [0.25, 0.3) is 0 Å². The summed E-state index contributed by atoms with van der Waals surface area (Å²) < 4.78 is 34.2. The van der Waals surface area contributed by atoms with Gasteiger partial charge in [-0.25, -0.2) is 4.79 Å². The number of hydrogen-bond acceptors (Lipinski definition) is 7. The van der Waals surface area contributed by atoms with Crippen molar-refractivity contribution in [2.24, 2.45) is 5.41 Å². The summed E-state index contributed by atoms with van der Waals surface area (Å²) in [5.41, 5.74) is 1.60. The summed E-state index contributed by atoms with van der Waals surface area (Å²) in [6.45, 7) is 7.12. The molecule has 204 valence electrons. The lowest BCUT2D eigenvalue weighted by molar-refractivity contribution is -0.137. The molecule has 0 radical (unpaired) electrons. The van der Waals surface area contributed by atoms with Crippen molar-refractivity contribution >= 4 is 39.7 Å². The van der Waals surface area contributed by atoms with Crippen molar-refractivity contribution in [3.05, 3.63) is 54.8 Å². The second kappa shape index (κ2) is 13.6. The number of fused-ring (bicyclic) bond motifs is 1. The number of esters is 1. The van der Waals surface area contributed by atoms with Crippen LogP contribution in [0, 0.1) is 5.41 Å². The van der Waals surface area contributed by atoms with Gasteiger partial charge in [0.25, 0.3) is 0 Å². The Morgan fingerprint density at radius 2 is 1.78 bits per heavy atom. The molecule has 0 aromatic heterocycles. The van der Waals surface area contributed by atoms with E-state index in [0.717, 1.165) is 61.3 Å². The third-order valence-electron chi connectivity index (χ3n) is 6.76. The molecule has 37 heavy (non-hydrogen) atoms. The van der Waals surface area contributed by atoms with Crippen LogP contribution in [0.2, 0.25) is 0 Å². The maximum atomic E-state index is 11.7. The van der Waals surface area contributed by atoms with Crippen LogP contribution in [-0.2, 0) is 9.53 Å². The number of nitrogens with zero attached hydrogens (tertiary/aromatic N) is 1. The van der Waals surface area contributed by atoms with Gasteiger partial charge in [0.2, 0.25) is 0 Å². The molecule has 2 aromatic carbocycles. The van der Waals surface area contributed by atoms with Gasteiger partial charge in [0, 0.05) is 29.5 Å². The highest BCUT2D eigenvalue weighted by atomic mass is 32.3. The molecule has 0 atom stereocenters. The van der Waals surface area contributed by atoms with Gasteiger partial charge >= 0.3 is 5.97 Å². The highest BCUT2D eigenvalue weighted by Crippen LogP contribution is 2.62. The van der Waals surface area contributed by atoms with E-state index in [1.54, 1.807) is 13.0 Å². The highest BCUT2D eigenvalue weighted by molar-refractivity contribution is 8.24. The van der Waals surface area contributed by atoms with E-state index in [0.29, 0.717) is 16.4 Å². The number of benzene rings is 2.